The number of nitrogens with one attached hydrogen (secondary N) is 1. The van der Waals surface area contributed by atoms with Gasteiger partial charge in [-0.2, -0.15) is 26.3 Å². The minimum absolute atomic E-state index is 0.202. The zero-order valence-corrected chi connectivity index (χ0v) is 16.1. The van der Waals surface area contributed by atoms with E-state index in [0.717, 1.165) is 12.0 Å². The molecule has 0 spiro atoms. The normalized spacial score (nSPS) is 12.4. The van der Waals surface area contributed by atoms with Crippen molar-refractivity contribution >= 4 is 16.9 Å². The summed E-state index contributed by atoms with van der Waals surface area (Å²) in [6.45, 7) is 1.93. The highest BCUT2D eigenvalue weighted by Crippen LogP contribution is 2.47. The molecule has 4 nitrogen and oxygen atoms in total. The van der Waals surface area contributed by atoms with E-state index in [2.05, 4.69) is 4.98 Å². The predicted octanol–water partition coefficient (Wildman–Crippen LogP) is 6.58. The molecule has 0 aliphatic carbocycles. The summed E-state index contributed by atoms with van der Waals surface area (Å²) in [5.74, 6) is -3.18. The Bertz CT molecular complexity index is 1080. The minimum atomic E-state index is -5.20. The van der Waals surface area contributed by atoms with Gasteiger partial charge in [0.15, 0.2) is 5.75 Å². The highest BCUT2D eigenvalue weighted by Gasteiger charge is 2.43. The van der Waals surface area contributed by atoms with Gasteiger partial charge in [0, 0.05) is 17.1 Å². The average molecular weight is 445 g/mol. The highest BCUT2D eigenvalue weighted by molar-refractivity contribution is 5.84. The van der Waals surface area contributed by atoms with E-state index in [1.165, 1.54) is 18.2 Å². The SMILES string of the molecule is CCCc1c[nH]c2ccc(Oc3c(C(F)(F)F)cc(CC(=O)O)cc3C(F)(F)F)cc12. The van der Waals surface area contributed by atoms with Crippen molar-refractivity contribution in [1.82, 2.24) is 4.98 Å². The van der Waals surface area contributed by atoms with Crippen molar-refractivity contribution in [3.05, 3.63) is 58.8 Å². The zero-order chi connectivity index (χ0) is 23.0. The smallest absolute Gasteiger partial charge is 0.420 e. The number of alkyl halides is 6. The summed E-state index contributed by atoms with van der Waals surface area (Å²) in [6, 6.07) is 4.89. The number of aryl methyl sites for hydroxylation is 1. The van der Waals surface area contributed by atoms with E-state index < -0.39 is 47.2 Å². The molecule has 166 valence electrons. The van der Waals surface area contributed by atoms with Crippen molar-refractivity contribution in [3.8, 4) is 11.5 Å². The largest absolute Gasteiger partial charge is 0.481 e. The molecule has 0 amide bonds. The number of aromatic nitrogens is 1. The van der Waals surface area contributed by atoms with Crippen LogP contribution < -0.4 is 4.74 Å². The number of carboxylic acids is 1. The third-order valence-corrected chi connectivity index (χ3v) is 4.59. The Labute approximate surface area is 172 Å². The van der Waals surface area contributed by atoms with Gasteiger partial charge in [-0.1, -0.05) is 13.3 Å². The van der Waals surface area contributed by atoms with E-state index in [9.17, 15) is 31.1 Å². The van der Waals surface area contributed by atoms with Crippen molar-refractivity contribution < 1.29 is 41.0 Å². The lowest BCUT2D eigenvalue weighted by Crippen LogP contribution is -2.16. The van der Waals surface area contributed by atoms with Gasteiger partial charge in [-0.3, -0.25) is 4.79 Å². The molecule has 1 heterocycles. The molecule has 0 aliphatic heterocycles. The van der Waals surface area contributed by atoms with Crippen molar-refractivity contribution in [2.24, 2.45) is 0 Å². The van der Waals surface area contributed by atoms with Crippen LogP contribution in [-0.2, 0) is 30.0 Å². The Kier molecular flexibility index (Phi) is 5.93. The average Bonchev–Trinajstić information content (AvgIpc) is 3.03. The Morgan fingerprint density at radius 1 is 1.03 bits per heavy atom. The molecule has 0 unspecified atom stereocenters. The molecule has 10 heteroatoms. The number of aliphatic carboxylic acids is 1. The standard InChI is InChI=1S/C21H17F6NO3/c1-2-3-12-10-28-17-5-4-13(9-14(12)17)31-19-15(20(22,23)24)6-11(8-18(29)30)7-16(19)21(25,26)27/h4-7,9-10,28H,2-3,8H2,1H3,(H,29,30). The topological polar surface area (TPSA) is 62.3 Å². The second-order valence-corrected chi connectivity index (χ2v) is 6.96. The number of hydrogen-bond acceptors (Lipinski definition) is 2. The number of aromatic amines is 1. The predicted molar refractivity (Wildman–Crippen MR) is 100 cm³/mol. The van der Waals surface area contributed by atoms with Crippen LogP contribution >= 0.6 is 0 Å². The molecule has 31 heavy (non-hydrogen) atoms. The number of halogens is 6. The number of rotatable bonds is 6. The first-order valence-electron chi connectivity index (χ1n) is 9.21. The van der Waals surface area contributed by atoms with Gasteiger partial charge in [0.25, 0.3) is 0 Å². The van der Waals surface area contributed by atoms with Crippen molar-refractivity contribution in [2.75, 3.05) is 0 Å². The van der Waals surface area contributed by atoms with Crippen molar-refractivity contribution in [3.63, 3.8) is 0 Å². The Balaban J connectivity index is 2.18. The van der Waals surface area contributed by atoms with E-state index in [4.69, 9.17) is 9.84 Å². The lowest BCUT2D eigenvalue weighted by atomic mass is 10.0. The maximum Gasteiger partial charge on any atom is 0.420 e. The third kappa shape index (κ3) is 4.95. The van der Waals surface area contributed by atoms with Crippen molar-refractivity contribution in [1.29, 1.82) is 0 Å². The van der Waals surface area contributed by atoms with Crippen LogP contribution in [0.4, 0.5) is 26.3 Å². The van der Waals surface area contributed by atoms with E-state index in [-0.39, 0.29) is 5.75 Å². The molecule has 2 N–H and O–H groups in total. The number of fused-ring (bicyclic) bond motifs is 1. The fourth-order valence-electron chi connectivity index (χ4n) is 3.31. The minimum Gasteiger partial charge on any atom is -0.481 e. The highest BCUT2D eigenvalue weighted by atomic mass is 19.4. The molecule has 0 atom stereocenters. The summed E-state index contributed by atoms with van der Waals surface area (Å²) < 4.78 is 86.8. The summed E-state index contributed by atoms with van der Waals surface area (Å²) >= 11 is 0. The fraction of sp³-hybridized carbons (Fsp3) is 0.286. The van der Waals surface area contributed by atoms with Crippen LogP contribution in [0.3, 0.4) is 0 Å². The first kappa shape index (κ1) is 22.5. The molecule has 0 fully saturated rings. The van der Waals surface area contributed by atoms with E-state index in [1.54, 1.807) is 6.20 Å². The number of carboxylic acid groups (broad SMARTS) is 1. The fourth-order valence-corrected chi connectivity index (χ4v) is 3.31. The molecule has 1 aromatic heterocycles. The first-order valence-corrected chi connectivity index (χ1v) is 9.21. The Morgan fingerprint density at radius 3 is 2.16 bits per heavy atom. The van der Waals surface area contributed by atoms with Gasteiger partial charge >= 0.3 is 18.3 Å². The van der Waals surface area contributed by atoms with E-state index in [0.29, 0.717) is 29.5 Å². The first-order chi connectivity index (χ1) is 14.4. The van der Waals surface area contributed by atoms with Crippen LogP contribution in [-0.4, -0.2) is 16.1 Å². The van der Waals surface area contributed by atoms with E-state index in [1.807, 2.05) is 6.92 Å². The third-order valence-electron chi connectivity index (χ3n) is 4.59. The van der Waals surface area contributed by atoms with E-state index >= 15 is 0 Å². The van der Waals surface area contributed by atoms with Crippen LogP contribution in [0.25, 0.3) is 10.9 Å². The van der Waals surface area contributed by atoms with Crippen LogP contribution in [0.1, 0.15) is 35.6 Å². The summed E-state index contributed by atoms with van der Waals surface area (Å²) in [7, 11) is 0. The van der Waals surface area contributed by atoms with Gasteiger partial charge in [-0.25, -0.2) is 0 Å². The summed E-state index contributed by atoms with van der Waals surface area (Å²) in [6.07, 6.45) is -8.22. The maximum absolute atomic E-state index is 13.6. The molecule has 0 radical (unpaired) electrons. The molecular weight excluding hydrogens is 428 g/mol. The second-order valence-electron chi connectivity index (χ2n) is 6.96. The molecule has 0 bridgehead atoms. The lowest BCUT2D eigenvalue weighted by Gasteiger charge is -2.20. The quantitative estimate of drug-likeness (QED) is 0.422. The molecule has 0 aliphatic rings. The summed E-state index contributed by atoms with van der Waals surface area (Å²) in [5.41, 5.74) is -2.50. The molecule has 0 saturated heterocycles. The van der Waals surface area contributed by atoms with Crippen LogP contribution in [0, 0.1) is 0 Å². The summed E-state index contributed by atoms with van der Waals surface area (Å²) in [4.78, 5) is 13.8. The Hall–Kier alpha value is -3.17. The second kappa shape index (κ2) is 8.16. The number of H-pyrrole nitrogens is 1. The molecule has 3 rings (SSSR count). The number of benzene rings is 2. The molecule has 3 aromatic rings. The molecule has 2 aromatic carbocycles. The number of hydrogen-bond donors (Lipinski definition) is 2. The molecular formula is C21H17F6NO3. The van der Waals surface area contributed by atoms with Gasteiger partial charge in [0.05, 0.1) is 17.5 Å². The molecule has 0 saturated carbocycles. The van der Waals surface area contributed by atoms with Gasteiger partial charge in [0.1, 0.15) is 5.75 Å². The van der Waals surface area contributed by atoms with Crippen molar-refractivity contribution in [2.45, 2.75) is 38.5 Å². The monoisotopic (exact) mass is 445 g/mol. The zero-order valence-electron chi connectivity index (χ0n) is 16.1. The van der Waals surface area contributed by atoms with Gasteiger partial charge in [0.2, 0.25) is 0 Å². The Morgan fingerprint density at radius 2 is 1.65 bits per heavy atom. The van der Waals surface area contributed by atoms with Crippen LogP contribution in [0.15, 0.2) is 36.5 Å². The van der Waals surface area contributed by atoms with Gasteiger partial charge in [-0.15, -0.1) is 0 Å². The lowest BCUT2D eigenvalue weighted by molar-refractivity contribution is -0.145. The van der Waals surface area contributed by atoms with Gasteiger partial charge in [-0.05, 0) is 47.9 Å². The number of carbonyl (C=O) groups is 1. The number of ether oxygens (including phenoxy) is 1. The summed E-state index contributed by atoms with van der Waals surface area (Å²) in [5, 5.41) is 9.44. The van der Waals surface area contributed by atoms with Crippen LogP contribution in [0.5, 0.6) is 11.5 Å². The van der Waals surface area contributed by atoms with Gasteiger partial charge < -0.3 is 14.8 Å². The maximum atomic E-state index is 13.6. The van der Waals surface area contributed by atoms with Crippen LogP contribution in [0.2, 0.25) is 0 Å².